The molecule has 9 heteroatoms. The molecule has 7 nitrogen and oxygen atoms in total. The summed E-state index contributed by atoms with van der Waals surface area (Å²) < 4.78 is 31.0. The van der Waals surface area contributed by atoms with E-state index in [9.17, 15) is 8.42 Å². The molecule has 0 radical (unpaired) electrons. The first-order chi connectivity index (χ1) is 15.5. The third kappa shape index (κ3) is 4.07. The molecule has 2 aromatic carbocycles. The van der Waals surface area contributed by atoms with Crippen molar-refractivity contribution in [2.45, 2.75) is 17.5 Å². The van der Waals surface area contributed by atoms with Crippen LogP contribution >= 0.6 is 11.3 Å². The number of rotatable bonds is 8. The fourth-order valence-electron chi connectivity index (χ4n) is 3.97. The van der Waals surface area contributed by atoms with Crippen LogP contribution in [0.25, 0.3) is 21.8 Å². The van der Waals surface area contributed by atoms with Gasteiger partial charge in [-0.1, -0.05) is 24.3 Å². The van der Waals surface area contributed by atoms with Gasteiger partial charge in [0.05, 0.1) is 10.4 Å². The topological polar surface area (TPSA) is 91.8 Å². The smallest absolute Gasteiger partial charge is 0.240 e. The molecule has 1 unspecified atom stereocenters. The summed E-state index contributed by atoms with van der Waals surface area (Å²) >= 11 is 1.57. The van der Waals surface area contributed by atoms with Gasteiger partial charge in [-0.25, -0.2) is 13.1 Å². The molecule has 0 aliphatic rings. The van der Waals surface area contributed by atoms with E-state index < -0.39 is 10.0 Å². The van der Waals surface area contributed by atoms with E-state index in [-0.39, 0.29) is 17.5 Å². The summed E-state index contributed by atoms with van der Waals surface area (Å²) in [7, 11) is -1.68. The van der Waals surface area contributed by atoms with Gasteiger partial charge in [0, 0.05) is 66.1 Å². The number of nitrogens with zero attached hydrogens (tertiary/aromatic N) is 2. The Kier molecular flexibility index (Phi) is 5.56. The summed E-state index contributed by atoms with van der Waals surface area (Å²) in [6, 6.07) is 14.9. The van der Waals surface area contributed by atoms with Gasteiger partial charge in [0.1, 0.15) is 0 Å². The second kappa shape index (κ2) is 8.51. The fraction of sp³-hybridized carbons (Fsp3) is 0.174. The number of benzene rings is 2. The molecular formula is C23H23N5O2S2. The minimum atomic E-state index is -3.68. The molecule has 5 rings (SSSR count). The van der Waals surface area contributed by atoms with E-state index in [0.717, 1.165) is 32.2 Å². The Balaban J connectivity index is 1.43. The summed E-state index contributed by atoms with van der Waals surface area (Å²) in [6.07, 6.45) is 5.69. The lowest BCUT2D eigenvalue weighted by atomic mass is 10.1. The molecule has 0 spiro atoms. The maximum absolute atomic E-state index is 13.1. The van der Waals surface area contributed by atoms with E-state index in [1.807, 2.05) is 37.5 Å². The molecule has 5 aromatic rings. The van der Waals surface area contributed by atoms with Crippen LogP contribution in [0.4, 0.5) is 0 Å². The van der Waals surface area contributed by atoms with Crippen molar-refractivity contribution in [3.05, 3.63) is 83.1 Å². The van der Waals surface area contributed by atoms with E-state index >= 15 is 0 Å². The van der Waals surface area contributed by atoms with Gasteiger partial charge < -0.3 is 14.9 Å². The summed E-state index contributed by atoms with van der Waals surface area (Å²) in [5, 5.41) is 5.59. The molecule has 0 saturated heterocycles. The fourth-order valence-corrected chi connectivity index (χ4v) is 5.58. The van der Waals surface area contributed by atoms with Crippen molar-refractivity contribution in [3.63, 3.8) is 0 Å². The number of fused-ring (bicyclic) bond motifs is 2. The monoisotopic (exact) mass is 465 g/mol. The summed E-state index contributed by atoms with van der Waals surface area (Å²) in [5.74, 6) is 0. The van der Waals surface area contributed by atoms with Crippen molar-refractivity contribution in [2.75, 3.05) is 6.54 Å². The highest BCUT2D eigenvalue weighted by Crippen LogP contribution is 2.27. The number of para-hydroxylation sites is 1. The number of sulfonamides is 1. The quantitative estimate of drug-likeness (QED) is 0.324. The number of hydrogen-bond acceptors (Lipinski definition) is 5. The third-order valence-electron chi connectivity index (χ3n) is 5.62. The Bertz CT molecular complexity index is 1470. The summed E-state index contributed by atoms with van der Waals surface area (Å²) in [5.41, 5.74) is 4.74. The summed E-state index contributed by atoms with van der Waals surface area (Å²) in [4.78, 5) is 8.54. The van der Waals surface area contributed by atoms with E-state index in [0.29, 0.717) is 6.54 Å². The Morgan fingerprint density at radius 1 is 1.19 bits per heavy atom. The van der Waals surface area contributed by atoms with Crippen molar-refractivity contribution in [1.82, 2.24) is 24.6 Å². The van der Waals surface area contributed by atoms with Crippen LogP contribution in [0.1, 0.15) is 16.5 Å². The highest BCUT2D eigenvalue weighted by Gasteiger charge is 2.21. The Morgan fingerprint density at radius 2 is 2.06 bits per heavy atom. The molecule has 0 saturated carbocycles. The van der Waals surface area contributed by atoms with Crippen molar-refractivity contribution in [2.24, 2.45) is 7.05 Å². The van der Waals surface area contributed by atoms with Crippen LogP contribution in [-0.2, 0) is 23.6 Å². The minimum Gasteiger partial charge on any atom is -0.361 e. The van der Waals surface area contributed by atoms with Gasteiger partial charge >= 0.3 is 0 Å². The zero-order valence-electron chi connectivity index (χ0n) is 17.4. The minimum absolute atomic E-state index is 0.216. The lowest BCUT2D eigenvalue weighted by molar-refractivity contribution is 0.516. The number of aryl methyl sites for hydroxylation is 1. The van der Waals surface area contributed by atoms with Crippen molar-refractivity contribution in [3.8, 4) is 0 Å². The van der Waals surface area contributed by atoms with Crippen molar-refractivity contribution < 1.29 is 8.42 Å². The maximum atomic E-state index is 13.1. The highest BCUT2D eigenvalue weighted by molar-refractivity contribution is 7.89. The standard InChI is InChI=1S/C23H23N5O2S2/c1-28-14-20(19-4-2-3-5-23(19)28)22(26-12-17-11-24-15-31-17)13-27-32(29,30)18-7-6-16-8-9-25-21(16)10-18/h2-11,14-15,22,25-27H,12-13H2,1H3. The average Bonchev–Trinajstić information content (AvgIpc) is 3.54. The van der Waals surface area contributed by atoms with E-state index in [4.69, 9.17) is 0 Å². The number of aromatic amines is 1. The number of H-pyrrole nitrogens is 1. The molecule has 3 N–H and O–H groups in total. The number of hydrogen-bond donors (Lipinski definition) is 3. The number of nitrogens with one attached hydrogen (secondary N) is 3. The first-order valence-electron chi connectivity index (χ1n) is 10.2. The molecule has 164 valence electrons. The van der Waals surface area contributed by atoms with Gasteiger partial charge in [-0.2, -0.15) is 0 Å². The number of aromatic nitrogens is 3. The molecule has 0 amide bonds. The maximum Gasteiger partial charge on any atom is 0.240 e. The molecule has 0 bridgehead atoms. The SMILES string of the molecule is Cn1cc(C(CNS(=O)(=O)c2ccc3cc[nH]c3c2)NCc2cncs2)c2ccccc21. The zero-order chi connectivity index (χ0) is 22.1. The molecule has 3 heterocycles. The first-order valence-corrected chi connectivity index (χ1v) is 12.6. The van der Waals surface area contributed by atoms with Crippen molar-refractivity contribution in [1.29, 1.82) is 0 Å². The Morgan fingerprint density at radius 3 is 2.91 bits per heavy atom. The molecule has 1 atom stereocenters. The molecule has 0 aliphatic carbocycles. The van der Waals surface area contributed by atoms with Gasteiger partial charge in [0.2, 0.25) is 10.0 Å². The van der Waals surface area contributed by atoms with Crippen LogP contribution in [-0.4, -0.2) is 29.5 Å². The normalized spacial score (nSPS) is 13.2. The van der Waals surface area contributed by atoms with Crippen LogP contribution in [0.5, 0.6) is 0 Å². The van der Waals surface area contributed by atoms with Crippen LogP contribution in [0.15, 0.2) is 77.5 Å². The molecule has 0 aliphatic heterocycles. The van der Waals surface area contributed by atoms with Gasteiger partial charge in [0.15, 0.2) is 0 Å². The predicted molar refractivity (Wildman–Crippen MR) is 128 cm³/mol. The molecule has 32 heavy (non-hydrogen) atoms. The van der Waals surface area contributed by atoms with Gasteiger partial charge in [0.25, 0.3) is 0 Å². The Hall–Kier alpha value is -2.98. The lowest BCUT2D eigenvalue weighted by Crippen LogP contribution is -2.34. The summed E-state index contributed by atoms with van der Waals surface area (Å²) in [6.45, 7) is 0.826. The van der Waals surface area contributed by atoms with Crippen LogP contribution in [0.2, 0.25) is 0 Å². The van der Waals surface area contributed by atoms with Gasteiger partial charge in [-0.05, 0) is 35.2 Å². The Labute approximate surface area is 190 Å². The van der Waals surface area contributed by atoms with E-state index in [1.165, 1.54) is 0 Å². The van der Waals surface area contributed by atoms with Gasteiger partial charge in [-0.15, -0.1) is 11.3 Å². The second-order valence-corrected chi connectivity index (χ2v) is 10.4. The van der Waals surface area contributed by atoms with Crippen LogP contribution < -0.4 is 10.0 Å². The van der Waals surface area contributed by atoms with Gasteiger partial charge in [-0.3, -0.25) is 4.98 Å². The highest BCUT2D eigenvalue weighted by atomic mass is 32.2. The lowest BCUT2D eigenvalue weighted by Gasteiger charge is -2.19. The zero-order valence-corrected chi connectivity index (χ0v) is 19.1. The predicted octanol–water partition coefficient (Wildman–Crippen LogP) is 3.93. The number of thiazole rings is 1. The molecule has 3 aromatic heterocycles. The van der Waals surface area contributed by atoms with Crippen LogP contribution in [0.3, 0.4) is 0 Å². The van der Waals surface area contributed by atoms with E-state index in [1.54, 1.807) is 35.2 Å². The van der Waals surface area contributed by atoms with Crippen LogP contribution in [0, 0.1) is 0 Å². The average molecular weight is 466 g/mol. The first kappa shape index (κ1) is 20.9. The second-order valence-electron chi connectivity index (χ2n) is 7.69. The molecule has 0 fully saturated rings. The largest absolute Gasteiger partial charge is 0.361 e. The van der Waals surface area contributed by atoms with E-state index in [2.05, 4.69) is 42.9 Å². The van der Waals surface area contributed by atoms with Crippen molar-refractivity contribution >= 4 is 43.2 Å². The molecular weight excluding hydrogens is 442 g/mol. The third-order valence-corrected chi connectivity index (χ3v) is 7.82.